The predicted molar refractivity (Wildman–Crippen MR) is 133 cm³/mol. The lowest BCUT2D eigenvalue weighted by molar-refractivity contribution is 0.302. The van der Waals surface area contributed by atoms with Crippen LogP contribution in [-0.2, 0) is 6.42 Å². The molecule has 176 valence electrons. The summed E-state index contributed by atoms with van der Waals surface area (Å²) in [6, 6.07) is 5.52. The van der Waals surface area contributed by atoms with Gasteiger partial charge in [0.2, 0.25) is 0 Å². The normalized spacial score (nSPS) is 18.7. The van der Waals surface area contributed by atoms with Crippen LogP contribution < -0.4 is 0 Å². The standard InChI is InChI=1S/C29H43FN2/c1-3-5-7-8-9-11-13-25-18-19-26(20-28(25)30)29-31-21-27(22-32-29)24-16-14-23(15-17-24)12-10-6-4-2/h18-24H,3-17H2,1-2H3. The van der Waals surface area contributed by atoms with E-state index < -0.39 is 0 Å². The van der Waals surface area contributed by atoms with Crippen molar-refractivity contribution in [3.63, 3.8) is 0 Å². The summed E-state index contributed by atoms with van der Waals surface area (Å²) in [5.74, 6) is 2.01. The molecule has 1 heterocycles. The maximum atomic E-state index is 14.6. The molecule has 1 fully saturated rings. The maximum absolute atomic E-state index is 14.6. The van der Waals surface area contributed by atoms with Gasteiger partial charge < -0.3 is 0 Å². The lowest BCUT2D eigenvalue weighted by Gasteiger charge is -2.28. The highest BCUT2D eigenvalue weighted by molar-refractivity contribution is 5.55. The van der Waals surface area contributed by atoms with Gasteiger partial charge in [0, 0.05) is 18.0 Å². The Morgan fingerprint density at radius 1 is 0.812 bits per heavy atom. The Balaban J connectivity index is 1.49. The van der Waals surface area contributed by atoms with Crippen LogP contribution >= 0.6 is 0 Å². The summed E-state index contributed by atoms with van der Waals surface area (Å²) < 4.78 is 14.6. The molecule has 1 aliphatic rings. The molecule has 0 atom stereocenters. The fraction of sp³-hybridized carbons (Fsp3) is 0.655. The molecule has 0 aliphatic heterocycles. The molecule has 32 heavy (non-hydrogen) atoms. The number of benzene rings is 1. The molecular formula is C29H43FN2. The Morgan fingerprint density at radius 3 is 2.16 bits per heavy atom. The molecule has 0 unspecified atom stereocenters. The number of hydrogen-bond donors (Lipinski definition) is 0. The fourth-order valence-electron chi connectivity index (χ4n) is 5.15. The van der Waals surface area contributed by atoms with Crippen molar-refractivity contribution in [1.82, 2.24) is 9.97 Å². The van der Waals surface area contributed by atoms with Gasteiger partial charge in [-0.2, -0.15) is 0 Å². The van der Waals surface area contributed by atoms with E-state index >= 15 is 0 Å². The first-order valence-corrected chi connectivity index (χ1v) is 13.3. The number of aromatic nitrogens is 2. The molecule has 0 spiro atoms. The molecule has 1 saturated carbocycles. The summed E-state index contributed by atoms with van der Waals surface area (Å²) in [5, 5.41) is 0. The third-order valence-electron chi connectivity index (χ3n) is 7.32. The molecule has 2 nitrogen and oxygen atoms in total. The van der Waals surface area contributed by atoms with E-state index in [-0.39, 0.29) is 5.82 Å². The van der Waals surface area contributed by atoms with Gasteiger partial charge in [-0.25, -0.2) is 14.4 Å². The molecule has 3 rings (SSSR count). The minimum atomic E-state index is -0.120. The van der Waals surface area contributed by atoms with Gasteiger partial charge in [0.25, 0.3) is 0 Å². The van der Waals surface area contributed by atoms with Crippen molar-refractivity contribution >= 4 is 0 Å². The Hall–Kier alpha value is -1.77. The van der Waals surface area contributed by atoms with Gasteiger partial charge in [-0.05, 0) is 67.6 Å². The van der Waals surface area contributed by atoms with Crippen molar-refractivity contribution < 1.29 is 4.39 Å². The van der Waals surface area contributed by atoms with Crippen LogP contribution in [0.1, 0.15) is 121 Å². The summed E-state index contributed by atoms with van der Waals surface area (Å²) in [4.78, 5) is 9.20. The van der Waals surface area contributed by atoms with E-state index in [0.29, 0.717) is 11.7 Å². The second-order valence-corrected chi connectivity index (χ2v) is 9.88. The zero-order valence-corrected chi connectivity index (χ0v) is 20.4. The average Bonchev–Trinajstić information content (AvgIpc) is 2.83. The van der Waals surface area contributed by atoms with E-state index in [2.05, 4.69) is 23.8 Å². The molecule has 2 aromatic rings. The highest BCUT2D eigenvalue weighted by Gasteiger charge is 2.22. The first-order valence-electron chi connectivity index (χ1n) is 13.3. The highest BCUT2D eigenvalue weighted by Crippen LogP contribution is 2.37. The van der Waals surface area contributed by atoms with E-state index in [0.717, 1.165) is 29.9 Å². The molecule has 0 N–H and O–H groups in total. The minimum absolute atomic E-state index is 0.120. The molecule has 1 aliphatic carbocycles. The molecule has 0 bridgehead atoms. The van der Waals surface area contributed by atoms with E-state index in [4.69, 9.17) is 0 Å². The van der Waals surface area contributed by atoms with Gasteiger partial charge in [-0.15, -0.1) is 0 Å². The topological polar surface area (TPSA) is 25.8 Å². The van der Waals surface area contributed by atoms with Crippen LogP contribution in [0.5, 0.6) is 0 Å². The first-order chi connectivity index (χ1) is 15.7. The minimum Gasteiger partial charge on any atom is -0.236 e. The molecule has 0 saturated heterocycles. The van der Waals surface area contributed by atoms with E-state index in [1.54, 1.807) is 6.07 Å². The predicted octanol–water partition coefficient (Wildman–Crippen LogP) is 9.04. The molecule has 0 amide bonds. The third-order valence-corrected chi connectivity index (χ3v) is 7.32. The van der Waals surface area contributed by atoms with Crippen LogP contribution in [0.3, 0.4) is 0 Å². The Kier molecular flexibility index (Phi) is 10.6. The van der Waals surface area contributed by atoms with Crippen molar-refractivity contribution in [1.29, 1.82) is 0 Å². The van der Waals surface area contributed by atoms with Crippen LogP contribution in [0.4, 0.5) is 4.39 Å². The summed E-state index contributed by atoms with van der Waals surface area (Å²) >= 11 is 0. The zero-order chi connectivity index (χ0) is 22.6. The lowest BCUT2D eigenvalue weighted by Crippen LogP contribution is -2.14. The van der Waals surface area contributed by atoms with Crippen molar-refractivity contribution in [3.8, 4) is 11.4 Å². The smallest absolute Gasteiger partial charge is 0.159 e. The molecular weight excluding hydrogens is 395 g/mol. The Labute approximate surface area is 195 Å². The number of hydrogen-bond acceptors (Lipinski definition) is 2. The largest absolute Gasteiger partial charge is 0.236 e. The number of nitrogens with zero attached hydrogens (tertiary/aromatic N) is 2. The highest BCUT2D eigenvalue weighted by atomic mass is 19.1. The fourth-order valence-corrected chi connectivity index (χ4v) is 5.15. The summed E-state index contributed by atoms with van der Waals surface area (Å²) in [7, 11) is 0. The molecule has 1 aromatic carbocycles. The number of rotatable bonds is 13. The molecule has 0 radical (unpaired) electrons. The van der Waals surface area contributed by atoms with E-state index in [9.17, 15) is 4.39 Å². The monoisotopic (exact) mass is 438 g/mol. The van der Waals surface area contributed by atoms with Crippen LogP contribution in [-0.4, -0.2) is 9.97 Å². The van der Waals surface area contributed by atoms with E-state index in [1.807, 2.05) is 24.5 Å². The van der Waals surface area contributed by atoms with Gasteiger partial charge >= 0.3 is 0 Å². The van der Waals surface area contributed by atoms with Crippen molar-refractivity contribution in [3.05, 3.63) is 47.5 Å². The summed E-state index contributed by atoms with van der Waals surface area (Å²) in [5.41, 5.74) is 2.85. The van der Waals surface area contributed by atoms with Gasteiger partial charge in [-0.1, -0.05) is 83.8 Å². The number of halogens is 1. The molecule has 3 heteroatoms. The Morgan fingerprint density at radius 2 is 1.47 bits per heavy atom. The van der Waals surface area contributed by atoms with Gasteiger partial charge in [0.05, 0.1) is 0 Å². The van der Waals surface area contributed by atoms with Gasteiger partial charge in [0.15, 0.2) is 5.82 Å². The quantitative estimate of drug-likeness (QED) is 0.291. The summed E-state index contributed by atoms with van der Waals surface area (Å²) in [6.07, 6.45) is 22.8. The van der Waals surface area contributed by atoms with Crippen LogP contribution in [0.25, 0.3) is 11.4 Å². The van der Waals surface area contributed by atoms with Crippen LogP contribution in [0.15, 0.2) is 30.6 Å². The Bertz CT molecular complexity index is 778. The SMILES string of the molecule is CCCCCCCCc1ccc(-c2ncc(C3CCC(CCCCC)CC3)cn2)cc1F. The number of aryl methyl sites for hydroxylation is 1. The molecule has 1 aromatic heterocycles. The third kappa shape index (κ3) is 7.67. The van der Waals surface area contributed by atoms with E-state index in [1.165, 1.54) is 89.0 Å². The number of unbranched alkanes of at least 4 members (excludes halogenated alkanes) is 7. The average molecular weight is 439 g/mol. The van der Waals surface area contributed by atoms with Crippen LogP contribution in [0.2, 0.25) is 0 Å². The van der Waals surface area contributed by atoms with Crippen molar-refractivity contribution in [2.45, 2.75) is 116 Å². The van der Waals surface area contributed by atoms with Crippen LogP contribution in [0, 0.1) is 11.7 Å². The first kappa shape index (κ1) is 24.9. The lowest BCUT2D eigenvalue weighted by atomic mass is 9.77. The van der Waals surface area contributed by atoms with Crippen molar-refractivity contribution in [2.24, 2.45) is 5.92 Å². The summed E-state index contributed by atoms with van der Waals surface area (Å²) in [6.45, 7) is 4.51. The second kappa shape index (κ2) is 13.7. The van der Waals surface area contributed by atoms with Gasteiger partial charge in [0.1, 0.15) is 5.82 Å². The van der Waals surface area contributed by atoms with Gasteiger partial charge in [-0.3, -0.25) is 0 Å². The zero-order valence-electron chi connectivity index (χ0n) is 20.4. The second-order valence-electron chi connectivity index (χ2n) is 9.88. The van der Waals surface area contributed by atoms with Crippen molar-refractivity contribution in [2.75, 3.05) is 0 Å². The maximum Gasteiger partial charge on any atom is 0.159 e.